The van der Waals surface area contributed by atoms with Gasteiger partial charge in [0.05, 0.1) is 30.7 Å². The fourth-order valence-electron chi connectivity index (χ4n) is 8.19. The van der Waals surface area contributed by atoms with E-state index in [1.54, 1.807) is 9.80 Å². The number of rotatable bonds is 11. The maximum Gasteiger partial charge on any atom is 0.326 e. The average Bonchev–Trinajstić information content (AvgIpc) is 4.04. The monoisotopic (exact) mass is 807 g/mol. The van der Waals surface area contributed by atoms with Crippen molar-refractivity contribution >= 4 is 46.8 Å². The van der Waals surface area contributed by atoms with Gasteiger partial charge in [-0.05, 0) is 80.6 Å². The van der Waals surface area contributed by atoms with Crippen LogP contribution >= 0.6 is 12.6 Å². The van der Waals surface area contributed by atoms with E-state index in [1.165, 1.54) is 29.5 Å². The van der Waals surface area contributed by atoms with Gasteiger partial charge in [0, 0.05) is 60.9 Å². The number of amides is 2. The smallest absolute Gasteiger partial charge is 0.326 e. The molecule has 3 aliphatic heterocycles. The molecular weight excluding hydrogens is 765 g/mol. The summed E-state index contributed by atoms with van der Waals surface area (Å²) in [6.07, 6.45) is 2.09. The van der Waals surface area contributed by atoms with Crippen molar-refractivity contribution < 1.29 is 27.8 Å². The van der Waals surface area contributed by atoms with Gasteiger partial charge in [-0.15, -0.1) is 12.6 Å². The molecule has 1 unspecified atom stereocenters. The SMILES string of the molecule is CC(C)N1C(=O)N(c2ccc(N3CCN(c4ccc(OC[C@H]5OC[C@](Cn6cncn6)(c6ccc(F)cc6F)O5)cc4)CC3)cc2)CC1(S)c1nc2ccccc2[nH]1. The molecule has 3 aliphatic rings. The Labute approximate surface area is 339 Å². The van der Waals surface area contributed by atoms with Crippen LogP contribution in [-0.4, -0.2) is 93.9 Å². The van der Waals surface area contributed by atoms with Crippen molar-refractivity contribution in [3.05, 3.63) is 127 Å². The van der Waals surface area contributed by atoms with E-state index < -0.39 is 28.4 Å². The largest absolute Gasteiger partial charge is 0.488 e. The van der Waals surface area contributed by atoms with E-state index in [0.717, 1.165) is 60.3 Å². The third-order valence-corrected chi connectivity index (χ3v) is 11.6. The number of nitrogens with zero attached hydrogens (tertiary/aromatic N) is 8. The first-order chi connectivity index (χ1) is 28.1. The molecule has 9 rings (SSSR count). The van der Waals surface area contributed by atoms with Gasteiger partial charge < -0.3 is 29.0 Å². The summed E-state index contributed by atoms with van der Waals surface area (Å²) in [7, 11) is 0. The molecule has 3 atom stereocenters. The third-order valence-electron chi connectivity index (χ3n) is 11.1. The van der Waals surface area contributed by atoms with Gasteiger partial charge in [0.15, 0.2) is 11.2 Å². The summed E-state index contributed by atoms with van der Waals surface area (Å²) in [4.78, 5) is 33.4. The topological polar surface area (TPSA) is 117 Å². The maximum atomic E-state index is 15.0. The number of thiol groups is 1. The zero-order valence-electron chi connectivity index (χ0n) is 32.0. The molecule has 0 radical (unpaired) electrons. The number of carbonyl (C=O) groups excluding carboxylic acids is 1. The van der Waals surface area contributed by atoms with Crippen molar-refractivity contribution in [1.29, 1.82) is 0 Å². The van der Waals surface area contributed by atoms with Gasteiger partial charge in [-0.25, -0.2) is 28.2 Å². The van der Waals surface area contributed by atoms with Crippen molar-refractivity contribution in [2.24, 2.45) is 0 Å². The van der Waals surface area contributed by atoms with Gasteiger partial charge in [-0.2, -0.15) is 5.10 Å². The van der Waals surface area contributed by atoms with E-state index in [0.29, 0.717) is 18.1 Å². The molecule has 1 N–H and O–H groups in total. The van der Waals surface area contributed by atoms with Crippen molar-refractivity contribution in [1.82, 2.24) is 29.6 Å². The number of halogens is 2. The number of aromatic nitrogens is 5. The molecule has 4 aromatic carbocycles. The summed E-state index contributed by atoms with van der Waals surface area (Å²) < 4.78 is 48.5. The van der Waals surface area contributed by atoms with Crippen LogP contribution in [0.5, 0.6) is 5.75 Å². The van der Waals surface area contributed by atoms with E-state index in [-0.39, 0.29) is 37.4 Å². The second kappa shape index (κ2) is 15.2. The zero-order valence-corrected chi connectivity index (χ0v) is 32.9. The highest BCUT2D eigenvalue weighted by molar-refractivity contribution is 7.81. The normalized spacial score (nSPS) is 22.5. The van der Waals surface area contributed by atoms with Gasteiger partial charge in [-0.1, -0.05) is 18.2 Å². The Hall–Kier alpha value is -5.71. The molecule has 16 heteroatoms. The molecule has 0 bridgehead atoms. The van der Waals surface area contributed by atoms with Gasteiger partial charge in [0.25, 0.3) is 0 Å². The number of imidazole rings is 1. The Bertz CT molecular complexity index is 2360. The Morgan fingerprint density at radius 1 is 0.931 bits per heavy atom. The first kappa shape index (κ1) is 37.8. The van der Waals surface area contributed by atoms with Crippen molar-refractivity contribution in [2.75, 3.05) is 60.6 Å². The lowest BCUT2D eigenvalue weighted by Crippen LogP contribution is -2.46. The van der Waals surface area contributed by atoms with Crippen LogP contribution in [0, 0.1) is 11.6 Å². The van der Waals surface area contributed by atoms with Crippen LogP contribution in [-0.2, 0) is 26.5 Å². The molecule has 3 saturated heterocycles. The highest BCUT2D eigenvalue weighted by atomic mass is 32.1. The first-order valence-corrected chi connectivity index (χ1v) is 19.7. The molecule has 2 aromatic heterocycles. The Morgan fingerprint density at radius 3 is 2.28 bits per heavy atom. The molecule has 5 heterocycles. The minimum Gasteiger partial charge on any atom is -0.488 e. The average molecular weight is 808 g/mol. The number of urea groups is 1. The molecule has 13 nitrogen and oxygen atoms in total. The van der Waals surface area contributed by atoms with E-state index in [1.807, 2.05) is 74.5 Å². The third kappa shape index (κ3) is 7.09. The number of anilines is 3. The molecule has 0 aliphatic carbocycles. The molecule has 6 aromatic rings. The van der Waals surface area contributed by atoms with Gasteiger partial charge in [0.1, 0.15) is 48.1 Å². The van der Waals surface area contributed by atoms with Gasteiger partial charge >= 0.3 is 6.03 Å². The molecular formula is C42H43F2N9O4S. The van der Waals surface area contributed by atoms with Crippen LogP contribution < -0.4 is 19.4 Å². The summed E-state index contributed by atoms with van der Waals surface area (Å²) in [5.74, 6) is -0.118. The molecule has 300 valence electrons. The van der Waals surface area contributed by atoms with Crippen LogP contribution in [0.4, 0.5) is 30.6 Å². The Kier molecular flexibility index (Phi) is 9.94. The predicted octanol–water partition coefficient (Wildman–Crippen LogP) is 6.54. The van der Waals surface area contributed by atoms with Crippen LogP contribution in [0.1, 0.15) is 25.2 Å². The van der Waals surface area contributed by atoms with Gasteiger partial charge in [0.2, 0.25) is 0 Å². The van der Waals surface area contributed by atoms with Crippen LogP contribution in [0.15, 0.2) is 104 Å². The number of ether oxygens (including phenoxy) is 3. The second-order valence-corrected chi connectivity index (χ2v) is 15.9. The van der Waals surface area contributed by atoms with Crippen molar-refractivity contribution in [3.8, 4) is 5.75 Å². The first-order valence-electron chi connectivity index (χ1n) is 19.3. The lowest BCUT2D eigenvalue weighted by molar-refractivity contribution is -0.117. The number of H-pyrrole nitrogens is 1. The standard InChI is InChI=1S/C42H43F2N9O4S/c1-28(2)53-40(54)52(24-42(53,58)39-47-36-5-3-4-6-37(36)48-39)32-10-8-30(9-11-32)49-17-19-50(20-18-49)31-12-14-33(15-13-31)55-22-38-56-25-41(57-38,23-51-27-45-26-46-51)34-16-7-29(43)21-35(34)44/h3-16,21,26-28,38,58H,17-20,22-25H2,1-2H3,(H,47,48)/t38-,41+,42?/m0/s1. The number of para-hydroxylation sites is 2. The zero-order chi connectivity index (χ0) is 40.0. The lowest BCUT2D eigenvalue weighted by Gasteiger charge is -2.37. The summed E-state index contributed by atoms with van der Waals surface area (Å²) >= 11 is 5.11. The molecule has 0 spiro atoms. The fourth-order valence-corrected chi connectivity index (χ4v) is 8.75. The molecule has 3 fully saturated rings. The van der Waals surface area contributed by atoms with E-state index in [4.69, 9.17) is 31.8 Å². The number of benzene rings is 4. The highest BCUT2D eigenvalue weighted by Gasteiger charge is 2.52. The molecule has 58 heavy (non-hydrogen) atoms. The number of carbonyl (C=O) groups is 1. The van der Waals surface area contributed by atoms with Crippen molar-refractivity contribution in [3.63, 3.8) is 0 Å². The van der Waals surface area contributed by atoms with E-state index >= 15 is 0 Å². The summed E-state index contributed by atoms with van der Waals surface area (Å²) in [6.45, 7) is 7.87. The van der Waals surface area contributed by atoms with E-state index in [2.05, 4.69) is 37.0 Å². The molecule has 2 amide bonds. The van der Waals surface area contributed by atoms with Gasteiger partial charge in [-0.3, -0.25) is 9.80 Å². The summed E-state index contributed by atoms with van der Waals surface area (Å²) in [6, 6.07) is 27.1. The summed E-state index contributed by atoms with van der Waals surface area (Å²) in [5, 5.41) is 4.14. The number of nitrogens with one attached hydrogen (secondary N) is 1. The highest BCUT2D eigenvalue weighted by Crippen LogP contribution is 2.43. The number of fused-ring (bicyclic) bond motifs is 1. The number of aromatic amines is 1. The number of hydrogen-bond acceptors (Lipinski definition) is 10. The quantitative estimate of drug-likeness (QED) is 0.141. The Morgan fingerprint density at radius 2 is 1.62 bits per heavy atom. The second-order valence-electron chi connectivity index (χ2n) is 15.1. The number of hydrogen-bond donors (Lipinski definition) is 2. The number of piperazine rings is 1. The summed E-state index contributed by atoms with van der Waals surface area (Å²) in [5.41, 5.74) is 3.66. The Balaban J connectivity index is 0.795. The predicted molar refractivity (Wildman–Crippen MR) is 218 cm³/mol. The molecule has 0 saturated carbocycles. The maximum absolute atomic E-state index is 15.0. The van der Waals surface area contributed by atoms with Crippen molar-refractivity contribution in [2.45, 2.75) is 43.2 Å². The fraction of sp³-hybridized carbons (Fsp3) is 0.333. The minimum absolute atomic E-state index is 0.0226. The van der Waals surface area contributed by atoms with Crippen LogP contribution in [0.2, 0.25) is 0 Å². The van der Waals surface area contributed by atoms with E-state index in [9.17, 15) is 13.6 Å². The lowest BCUT2D eigenvalue weighted by atomic mass is 9.94. The van der Waals surface area contributed by atoms with Crippen LogP contribution in [0.3, 0.4) is 0 Å². The minimum atomic E-state index is -1.24. The van der Waals surface area contributed by atoms with Crippen LogP contribution in [0.25, 0.3) is 11.0 Å².